The summed E-state index contributed by atoms with van der Waals surface area (Å²) in [4.78, 5) is 13.0. The van der Waals surface area contributed by atoms with Crippen molar-refractivity contribution in [1.82, 2.24) is 0 Å². The van der Waals surface area contributed by atoms with Crippen LogP contribution in [0.5, 0.6) is 0 Å². The van der Waals surface area contributed by atoms with Crippen LogP contribution < -0.4 is 4.90 Å². The Morgan fingerprint density at radius 1 is 1.50 bits per heavy atom. The first-order valence-electron chi connectivity index (χ1n) is 5.96. The number of hydrogen-bond donors (Lipinski definition) is 0. The predicted molar refractivity (Wildman–Crippen MR) is 67.1 cm³/mol. The average Bonchev–Trinajstić information content (AvgIpc) is 2.57. The van der Waals surface area contributed by atoms with E-state index in [1.165, 1.54) is 11.3 Å². The van der Waals surface area contributed by atoms with Crippen molar-refractivity contribution in [2.75, 3.05) is 11.4 Å². The predicted octanol–water partition coefficient (Wildman–Crippen LogP) is 2.76. The minimum Gasteiger partial charge on any atom is -0.368 e. The highest BCUT2D eigenvalue weighted by atomic mass is 16.1. The van der Waals surface area contributed by atoms with Gasteiger partial charge in [0.1, 0.15) is 6.29 Å². The van der Waals surface area contributed by atoms with Crippen LogP contribution in [0.2, 0.25) is 0 Å². The normalized spacial score (nSPS) is 19.0. The topological polar surface area (TPSA) is 20.3 Å². The number of aldehydes is 1. The van der Waals surface area contributed by atoms with Gasteiger partial charge in [-0.25, -0.2) is 0 Å². The van der Waals surface area contributed by atoms with Crippen LogP contribution >= 0.6 is 0 Å². The van der Waals surface area contributed by atoms with Gasteiger partial charge in [0.2, 0.25) is 0 Å². The molecule has 1 unspecified atom stereocenters. The molecular weight excluding hydrogens is 198 g/mol. The third kappa shape index (κ3) is 1.84. The van der Waals surface area contributed by atoms with E-state index in [2.05, 4.69) is 43.9 Å². The number of fused-ring (bicyclic) bond motifs is 1. The van der Waals surface area contributed by atoms with Crippen LogP contribution in [0.25, 0.3) is 0 Å². The van der Waals surface area contributed by atoms with Gasteiger partial charge in [0.15, 0.2) is 0 Å². The van der Waals surface area contributed by atoms with Gasteiger partial charge < -0.3 is 9.69 Å². The third-order valence-corrected chi connectivity index (χ3v) is 3.35. The number of rotatable bonds is 3. The number of benzene rings is 1. The molecule has 1 atom stereocenters. The van der Waals surface area contributed by atoms with Gasteiger partial charge in [0, 0.05) is 30.6 Å². The minimum atomic E-state index is 0.521. The first kappa shape index (κ1) is 11.2. The molecule has 1 aromatic carbocycles. The summed E-state index contributed by atoms with van der Waals surface area (Å²) in [6.45, 7) is 7.79. The summed E-state index contributed by atoms with van der Waals surface area (Å²) in [5.74, 6) is 0.600. The molecule has 1 aliphatic rings. The fourth-order valence-electron chi connectivity index (χ4n) is 2.46. The van der Waals surface area contributed by atoms with E-state index in [4.69, 9.17) is 0 Å². The first-order chi connectivity index (χ1) is 7.63. The molecule has 1 heterocycles. The highest BCUT2D eigenvalue weighted by Crippen LogP contribution is 2.37. The summed E-state index contributed by atoms with van der Waals surface area (Å²) in [6.07, 6.45) is 1.49. The van der Waals surface area contributed by atoms with E-state index in [0.29, 0.717) is 18.4 Å². The fraction of sp³-hybridized carbons (Fsp3) is 0.500. The second-order valence-corrected chi connectivity index (χ2v) is 4.91. The smallest absolute Gasteiger partial charge is 0.124 e. The average molecular weight is 217 g/mol. The maximum Gasteiger partial charge on any atom is 0.124 e. The van der Waals surface area contributed by atoms with Crippen LogP contribution in [0, 0.1) is 0 Å². The molecule has 86 valence electrons. The summed E-state index contributed by atoms with van der Waals surface area (Å²) in [6, 6.07) is 6.96. The van der Waals surface area contributed by atoms with Crippen molar-refractivity contribution in [2.24, 2.45) is 0 Å². The van der Waals surface area contributed by atoms with E-state index in [9.17, 15) is 4.79 Å². The Morgan fingerprint density at radius 3 is 2.88 bits per heavy atom. The van der Waals surface area contributed by atoms with E-state index in [1.807, 2.05) is 0 Å². The Labute approximate surface area is 97.3 Å². The molecule has 0 amide bonds. The molecule has 0 N–H and O–H groups in total. The van der Waals surface area contributed by atoms with Gasteiger partial charge in [0.05, 0.1) is 0 Å². The lowest BCUT2D eigenvalue weighted by Gasteiger charge is -2.24. The van der Waals surface area contributed by atoms with E-state index in [1.54, 1.807) is 0 Å². The second kappa shape index (κ2) is 4.28. The van der Waals surface area contributed by atoms with E-state index in [0.717, 1.165) is 18.4 Å². The number of nitrogens with zero attached hydrogens (tertiary/aromatic N) is 1. The molecular formula is C14H19NO. The molecule has 1 aliphatic heterocycles. The molecule has 0 aliphatic carbocycles. The molecule has 16 heavy (non-hydrogen) atoms. The Morgan fingerprint density at radius 2 is 2.25 bits per heavy atom. The molecule has 0 aromatic heterocycles. The van der Waals surface area contributed by atoms with Crippen molar-refractivity contribution < 1.29 is 4.79 Å². The Balaban J connectivity index is 2.39. The molecule has 2 nitrogen and oxygen atoms in total. The Bertz CT molecular complexity index is 398. The molecule has 2 rings (SSSR count). The highest BCUT2D eigenvalue weighted by Gasteiger charge is 2.26. The van der Waals surface area contributed by atoms with Crippen molar-refractivity contribution in [1.29, 1.82) is 0 Å². The van der Waals surface area contributed by atoms with Crippen LogP contribution in [0.15, 0.2) is 18.2 Å². The summed E-state index contributed by atoms with van der Waals surface area (Å²) < 4.78 is 0. The SMILES string of the molecule is CC1CN(C(C)C)c2cc(CC=O)ccc21. The molecule has 0 saturated carbocycles. The lowest BCUT2D eigenvalue weighted by Crippen LogP contribution is -2.29. The maximum absolute atomic E-state index is 10.5. The molecule has 2 heteroatoms. The molecule has 0 fully saturated rings. The number of anilines is 1. The largest absolute Gasteiger partial charge is 0.368 e. The van der Waals surface area contributed by atoms with Crippen LogP contribution in [0.3, 0.4) is 0 Å². The van der Waals surface area contributed by atoms with Crippen molar-refractivity contribution in [3.63, 3.8) is 0 Å². The zero-order valence-corrected chi connectivity index (χ0v) is 10.2. The summed E-state index contributed by atoms with van der Waals surface area (Å²) in [7, 11) is 0. The summed E-state index contributed by atoms with van der Waals surface area (Å²) in [5.41, 5.74) is 3.86. The van der Waals surface area contributed by atoms with Gasteiger partial charge in [-0.3, -0.25) is 0 Å². The summed E-state index contributed by atoms with van der Waals surface area (Å²) >= 11 is 0. The van der Waals surface area contributed by atoms with Crippen LogP contribution in [-0.2, 0) is 11.2 Å². The third-order valence-electron chi connectivity index (χ3n) is 3.35. The molecule has 0 radical (unpaired) electrons. The van der Waals surface area contributed by atoms with E-state index in [-0.39, 0.29) is 0 Å². The minimum absolute atomic E-state index is 0.521. The molecule has 0 spiro atoms. The fourth-order valence-corrected chi connectivity index (χ4v) is 2.46. The van der Waals surface area contributed by atoms with Gasteiger partial charge in [-0.05, 0) is 31.0 Å². The first-order valence-corrected chi connectivity index (χ1v) is 5.96. The Hall–Kier alpha value is -1.31. The van der Waals surface area contributed by atoms with Crippen LogP contribution in [0.1, 0.15) is 37.8 Å². The van der Waals surface area contributed by atoms with Crippen LogP contribution in [0.4, 0.5) is 5.69 Å². The second-order valence-electron chi connectivity index (χ2n) is 4.91. The van der Waals surface area contributed by atoms with Crippen molar-refractivity contribution >= 4 is 12.0 Å². The zero-order valence-electron chi connectivity index (χ0n) is 10.2. The maximum atomic E-state index is 10.5. The standard InChI is InChI=1S/C14H19NO/c1-10(2)15-9-11(3)13-5-4-12(6-7-16)8-14(13)15/h4-5,7-8,10-11H,6,9H2,1-3H3. The zero-order chi connectivity index (χ0) is 11.7. The van der Waals surface area contributed by atoms with Crippen molar-refractivity contribution in [3.05, 3.63) is 29.3 Å². The lowest BCUT2D eigenvalue weighted by atomic mass is 10.0. The number of carbonyl (C=O) groups excluding carboxylic acids is 1. The Kier molecular flexibility index (Phi) is 2.99. The van der Waals surface area contributed by atoms with Crippen molar-refractivity contribution in [2.45, 2.75) is 39.2 Å². The molecule has 1 aromatic rings. The van der Waals surface area contributed by atoms with E-state index >= 15 is 0 Å². The van der Waals surface area contributed by atoms with Gasteiger partial charge in [-0.1, -0.05) is 19.1 Å². The van der Waals surface area contributed by atoms with Gasteiger partial charge >= 0.3 is 0 Å². The van der Waals surface area contributed by atoms with Gasteiger partial charge in [-0.2, -0.15) is 0 Å². The summed E-state index contributed by atoms with van der Waals surface area (Å²) in [5, 5.41) is 0. The quantitative estimate of drug-likeness (QED) is 0.726. The highest BCUT2D eigenvalue weighted by molar-refractivity contribution is 5.64. The molecule has 0 bridgehead atoms. The van der Waals surface area contributed by atoms with Crippen molar-refractivity contribution in [3.8, 4) is 0 Å². The number of hydrogen-bond acceptors (Lipinski definition) is 2. The van der Waals surface area contributed by atoms with Gasteiger partial charge in [0.25, 0.3) is 0 Å². The monoisotopic (exact) mass is 217 g/mol. The van der Waals surface area contributed by atoms with E-state index < -0.39 is 0 Å². The number of carbonyl (C=O) groups is 1. The molecule has 0 saturated heterocycles. The lowest BCUT2D eigenvalue weighted by molar-refractivity contribution is -0.107. The van der Waals surface area contributed by atoms with Gasteiger partial charge in [-0.15, -0.1) is 0 Å². The van der Waals surface area contributed by atoms with Crippen LogP contribution in [-0.4, -0.2) is 18.9 Å².